The summed E-state index contributed by atoms with van der Waals surface area (Å²) in [7, 11) is 0. The topological polar surface area (TPSA) is 107 Å². The highest BCUT2D eigenvalue weighted by molar-refractivity contribution is 5.91. The summed E-state index contributed by atoms with van der Waals surface area (Å²) in [5, 5.41) is 30.0. The average molecular weight is 279 g/mol. The third-order valence-electron chi connectivity index (χ3n) is 2.51. The van der Waals surface area contributed by atoms with E-state index in [1.165, 1.54) is 24.3 Å². The fourth-order valence-corrected chi connectivity index (χ4v) is 1.61. The van der Waals surface area contributed by atoms with Gasteiger partial charge in [-0.25, -0.2) is 4.79 Å². The summed E-state index contributed by atoms with van der Waals surface area (Å²) in [6.45, 7) is 3.46. The molecule has 1 amide bonds. The molecule has 0 saturated heterocycles. The number of phenols is 2. The first-order valence-corrected chi connectivity index (χ1v) is 5.98. The highest BCUT2D eigenvalue weighted by Gasteiger charge is 2.20. The molecular formula is C14H17NO5. The summed E-state index contributed by atoms with van der Waals surface area (Å²) in [5.74, 6) is -2.27. The van der Waals surface area contributed by atoms with E-state index in [2.05, 4.69) is 5.32 Å². The maximum absolute atomic E-state index is 11.5. The second kappa shape index (κ2) is 6.60. The maximum Gasteiger partial charge on any atom is 0.326 e. The number of aromatic hydroxyl groups is 2. The standard InChI is InChI=1S/C14H17NO5/c1-8(2)5-13(18)15-10(14(19)20)6-9-3-4-11(16)12(17)7-9/h3-5,7,10,16-17H,6H2,1-2H3,(H,15,18)(H,19,20). The Morgan fingerprint density at radius 2 is 1.90 bits per heavy atom. The van der Waals surface area contributed by atoms with Gasteiger partial charge < -0.3 is 20.6 Å². The van der Waals surface area contributed by atoms with Gasteiger partial charge in [0.15, 0.2) is 11.5 Å². The van der Waals surface area contributed by atoms with Crippen LogP contribution in [0.1, 0.15) is 19.4 Å². The number of rotatable bonds is 5. The number of carbonyl (C=O) groups excluding carboxylic acids is 1. The zero-order chi connectivity index (χ0) is 15.3. The second-order valence-electron chi connectivity index (χ2n) is 4.65. The van der Waals surface area contributed by atoms with Crippen molar-refractivity contribution in [3.63, 3.8) is 0 Å². The Kier molecular flexibility index (Phi) is 5.14. The normalized spacial score (nSPS) is 11.5. The lowest BCUT2D eigenvalue weighted by Gasteiger charge is -2.14. The summed E-state index contributed by atoms with van der Waals surface area (Å²) in [6, 6.07) is 2.90. The van der Waals surface area contributed by atoms with Crippen LogP contribution in [0.15, 0.2) is 29.8 Å². The third-order valence-corrected chi connectivity index (χ3v) is 2.51. The predicted octanol–water partition coefficient (Wildman–Crippen LogP) is 1.18. The van der Waals surface area contributed by atoms with E-state index in [0.29, 0.717) is 5.56 Å². The summed E-state index contributed by atoms with van der Waals surface area (Å²) in [6.07, 6.45) is 1.32. The van der Waals surface area contributed by atoms with Crippen LogP contribution >= 0.6 is 0 Å². The second-order valence-corrected chi connectivity index (χ2v) is 4.65. The van der Waals surface area contributed by atoms with Gasteiger partial charge in [-0.3, -0.25) is 4.79 Å². The molecule has 1 unspecified atom stereocenters. The van der Waals surface area contributed by atoms with Crippen LogP contribution in [0.3, 0.4) is 0 Å². The number of aliphatic carboxylic acids is 1. The van der Waals surface area contributed by atoms with E-state index in [9.17, 15) is 19.8 Å². The van der Waals surface area contributed by atoms with Crippen LogP contribution in [0.4, 0.5) is 0 Å². The summed E-state index contributed by atoms with van der Waals surface area (Å²) in [5.41, 5.74) is 1.25. The van der Waals surface area contributed by atoms with Gasteiger partial charge in [0.1, 0.15) is 6.04 Å². The number of hydrogen-bond acceptors (Lipinski definition) is 4. The molecule has 1 atom stereocenters. The largest absolute Gasteiger partial charge is 0.504 e. The number of hydrogen-bond donors (Lipinski definition) is 4. The molecule has 1 aromatic rings. The molecule has 1 aromatic carbocycles. The molecule has 0 saturated carbocycles. The van der Waals surface area contributed by atoms with E-state index in [-0.39, 0.29) is 17.9 Å². The number of carboxylic acid groups (broad SMARTS) is 1. The zero-order valence-electron chi connectivity index (χ0n) is 11.3. The SMILES string of the molecule is CC(C)=CC(=O)NC(Cc1ccc(O)c(O)c1)C(=O)O. The number of nitrogens with one attached hydrogen (secondary N) is 1. The molecule has 108 valence electrons. The molecule has 0 heterocycles. The van der Waals surface area contributed by atoms with Gasteiger partial charge in [0.05, 0.1) is 0 Å². The van der Waals surface area contributed by atoms with Crippen LogP contribution < -0.4 is 5.32 Å². The minimum atomic E-state index is -1.17. The van der Waals surface area contributed by atoms with Gasteiger partial charge in [-0.05, 0) is 31.5 Å². The van der Waals surface area contributed by atoms with Crippen molar-refractivity contribution < 1.29 is 24.9 Å². The highest BCUT2D eigenvalue weighted by atomic mass is 16.4. The van der Waals surface area contributed by atoms with Gasteiger partial charge in [0.25, 0.3) is 0 Å². The van der Waals surface area contributed by atoms with Crippen molar-refractivity contribution in [1.82, 2.24) is 5.32 Å². The molecule has 0 spiro atoms. The fraction of sp³-hybridized carbons (Fsp3) is 0.286. The van der Waals surface area contributed by atoms with Gasteiger partial charge in [0.2, 0.25) is 5.91 Å². The lowest BCUT2D eigenvalue weighted by molar-refractivity contribution is -0.141. The average Bonchev–Trinajstić information content (AvgIpc) is 2.31. The Labute approximate surface area is 116 Å². The number of amides is 1. The van der Waals surface area contributed by atoms with Gasteiger partial charge in [-0.2, -0.15) is 0 Å². The van der Waals surface area contributed by atoms with Crippen LogP contribution in [0, 0.1) is 0 Å². The first-order valence-electron chi connectivity index (χ1n) is 5.98. The van der Waals surface area contributed by atoms with Crippen molar-refractivity contribution in [2.75, 3.05) is 0 Å². The molecule has 6 nitrogen and oxygen atoms in total. The van der Waals surface area contributed by atoms with Gasteiger partial charge in [-0.1, -0.05) is 11.6 Å². The van der Waals surface area contributed by atoms with Gasteiger partial charge >= 0.3 is 5.97 Å². The minimum Gasteiger partial charge on any atom is -0.504 e. The Morgan fingerprint density at radius 3 is 2.40 bits per heavy atom. The molecule has 0 aliphatic carbocycles. The van der Waals surface area contributed by atoms with E-state index in [4.69, 9.17) is 5.11 Å². The lowest BCUT2D eigenvalue weighted by atomic mass is 10.1. The molecule has 20 heavy (non-hydrogen) atoms. The number of allylic oxidation sites excluding steroid dienone is 1. The van der Waals surface area contributed by atoms with E-state index in [0.717, 1.165) is 5.57 Å². The van der Waals surface area contributed by atoms with E-state index >= 15 is 0 Å². The summed E-state index contributed by atoms with van der Waals surface area (Å²) < 4.78 is 0. The number of carbonyl (C=O) groups is 2. The van der Waals surface area contributed by atoms with E-state index < -0.39 is 17.9 Å². The van der Waals surface area contributed by atoms with Gasteiger partial charge in [0, 0.05) is 12.5 Å². The predicted molar refractivity (Wildman–Crippen MR) is 72.5 cm³/mol. The Morgan fingerprint density at radius 1 is 1.25 bits per heavy atom. The molecule has 0 aliphatic rings. The van der Waals surface area contributed by atoms with Crippen molar-refractivity contribution >= 4 is 11.9 Å². The van der Waals surface area contributed by atoms with Crippen molar-refractivity contribution in [2.24, 2.45) is 0 Å². The first kappa shape index (κ1) is 15.6. The Hall–Kier alpha value is -2.50. The maximum atomic E-state index is 11.5. The van der Waals surface area contributed by atoms with Crippen molar-refractivity contribution in [3.05, 3.63) is 35.4 Å². The quantitative estimate of drug-likeness (QED) is 0.478. The van der Waals surface area contributed by atoms with Crippen molar-refractivity contribution in [3.8, 4) is 11.5 Å². The number of benzene rings is 1. The summed E-state index contributed by atoms with van der Waals surface area (Å²) >= 11 is 0. The third kappa shape index (κ3) is 4.64. The first-order chi connectivity index (χ1) is 9.29. The monoisotopic (exact) mass is 279 g/mol. The minimum absolute atomic E-state index is 0.00547. The van der Waals surface area contributed by atoms with Crippen LogP contribution in [0.5, 0.6) is 11.5 Å². The molecule has 1 rings (SSSR count). The molecule has 6 heteroatoms. The highest BCUT2D eigenvalue weighted by Crippen LogP contribution is 2.25. The molecule has 0 fully saturated rings. The number of phenolic OH excluding ortho intramolecular Hbond substituents is 2. The molecule has 0 aliphatic heterocycles. The molecule has 0 aromatic heterocycles. The van der Waals surface area contributed by atoms with Crippen LogP contribution in [0.2, 0.25) is 0 Å². The smallest absolute Gasteiger partial charge is 0.326 e. The summed E-state index contributed by atoms with van der Waals surface area (Å²) in [4.78, 5) is 22.7. The number of carboxylic acids is 1. The molecule has 0 radical (unpaired) electrons. The van der Waals surface area contributed by atoms with Crippen molar-refractivity contribution in [2.45, 2.75) is 26.3 Å². The van der Waals surface area contributed by atoms with Crippen molar-refractivity contribution in [1.29, 1.82) is 0 Å². The van der Waals surface area contributed by atoms with Crippen LogP contribution in [0.25, 0.3) is 0 Å². The molecular weight excluding hydrogens is 262 g/mol. The Bertz CT molecular complexity index is 546. The lowest BCUT2D eigenvalue weighted by Crippen LogP contribution is -2.41. The zero-order valence-corrected chi connectivity index (χ0v) is 11.3. The molecule has 4 N–H and O–H groups in total. The Balaban J connectivity index is 2.82. The fourth-order valence-electron chi connectivity index (χ4n) is 1.61. The van der Waals surface area contributed by atoms with E-state index in [1.54, 1.807) is 13.8 Å². The molecule has 0 bridgehead atoms. The van der Waals surface area contributed by atoms with E-state index in [1.807, 2.05) is 0 Å². The van der Waals surface area contributed by atoms with Crippen LogP contribution in [-0.2, 0) is 16.0 Å². The van der Waals surface area contributed by atoms with Gasteiger partial charge in [-0.15, -0.1) is 0 Å². The van der Waals surface area contributed by atoms with Crippen LogP contribution in [-0.4, -0.2) is 33.2 Å².